The number of likely N-dealkylation sites (N-methyl/N-ethyl adjacent to an activating group) is 1. The van der Waals surface area contributed by atoms with Crippen molar-refractivity contribution >= 4 is 0 Å². The van der Waals surface area contributed by atoms with E-state index in [4.69, 9.17) is 0 Å². The third-order valence-corrected chi connectivity index (χ3v) is 4.82. The van der Waals surface area contributed by atoms with Crippen LogP contribution in [0.3, 0.4) is 0 Å². The second-order valence-corrected chi connectivity index (χ2v) is 6.64. The maximum absolute atomic E-state index is 3.95. The Labute approximate surface area is 123 Å². The summed E-state index contributed by atoms with van der Waals surface area (Å²) in [6.45, 7) is 4.92. The van der Waals surface area contributed by atoms with Gasteiger partial charge in [0.1, 0.15) is 0 Å². The number of rotatable bonds is 5. The topological polar surface area (TPSA) is 18.5 Å². The van der Waals surface area contributed by atoms with E-state index in [9.17, 15) is 0 Å². The van der Waals surface area contributed by atoms with Crippen molar-refractivity contribution in [2.75, 3.05) is 40.3 Å². The molecule has 3 saturated heterocycles. The third-order valence-electron chi connectivity index (χ3n) is 4.82. The van der Waals surface area contributed by atoms with Crippen LogP contribution in [0.4, 0.5) is 0 Å². The van der Waals surface area contributed by atoms with E-state index in [1.54, 1.807) is 0 Å². The molecule has 2 atom stereocenters. The Kier molecular flexibility index (Phi) is 4.39. The van der Waals surface area contributed by atoms with Crippen LogP contribution in [0.1, 0.15) is 24.4 Å². The van der Waals surface area contributed by atoms with Crippen molar-refractivity contribution in [1.29, 1.82) is 0 Å². The Morgan fingerprint density at radius 1 is 1.20 bits per heavy atom. The number of benzene rings is 1. The highest BCUT2D eigenvalue weighted by molar-refractivity contribution is 5.19. The number of nitrogens with zero attached hydrogens (tertiary/aromatic N) is 2. The number of hydrogen-bond donors (Lipinski definition) is 1. The molecule has 3 fully saturated rings. The molecule has 2 bridgehead atoms. The van der Waals surface area contributed by atoms with E-state index in [1.165, 1.54) is 38.0 Å². The summed E-state index contributed by atoms with van der Waals surface area (Å²) in [5.41, 5.74) is 1.41. The fourth-order valence-corrected chi connectivity index (χ4v) is 3.72. The monoisotopic (exact) mass is 273 g/mol. The Bertz CT molecular complexity index is 410. The van der Waals surface area contributed by atoms with Gasteiger partial charge in [-0.25, -0.2) is 0 Å². The Morgan fingerprint density at radius 2 is 1.90 bits per heavy atom. The highest BCUT2D eigenvalue weighted by atomic mass is 15.2. The lowest BCUT2D eigenvalue weighted by atomic mass is 9.83. The van der Waals surface area contributed by atoms with Gasteiger partial charge in [0, 0.05) is 25.2 Å². The first-order valence-electron chi connectivity index (χ1n) is 7.90. The van der Waals surface area contributed by atoms with Crippen LogP contribution in [0.15, 0.2) is 30.3 Å². The minimum absolute atomic E-state index is 0.441. The summed E-state index contributed by atoms with van der Waals surface area (Å²) in [6.07, 6.45) is 2.75. The van der Waals surface area contributed by atoms with Crippen LogP contribution in [-0.4, -0.2) is 56.1 Å². The SMILES string of the molecule is CN(C)CC(NC1CN2CCC1CC2)c1ccccc1. The number of hydrogen-bond acceptors (Lipinski definition) is 3. The summed E-state index contributed by atoms with van der Waals surface area (Å²) < 4.78 is 0. The first kappa shape index (κ1) is 14.1. The normalized spacial score (nSPS) is 30.6. The van der Waals surface area contributed by atoms with E-state index in [-0.39, 0.29) is 0 Å². The van der Waals surface area contributed by atoms with Crippen molar-refractivity contribution in [2.24, 2.45) is 5.92 Å². The van der Waals surface area contributed by atoms with Crippen LogP contribution in [0.2, 0.25) is 0 Å². The van der Waals surface area contributed by atoms with Crippen LogP contribution in [-0.2, 0) is 0 Å². The summed E-state index contributed by atoms with van der Waals surface area (Å²) in [7, 11) is 4.32. The fourth-order valence-electron chi connectivity index (χ4n) is 3.72. The van der Waals surface area contributed by atoms with E-state index >= 15 is 0 Å². The fraction of sp³-hybridized carbons (Fsp3) is 0.647. The van der Waals surface area contributed by atoms with Crippen LogP contribution < -0.4 is 5.32 Å². The molecule has 0 saturated carbocycles. The van der Waals surface area contributed by atoms with Gasteiger partial charge in [-0.1, -0.05) is 30.3 Å². The van der Waals surface area contributed by atoms with Crippen LogP contribution >= 0.6 is 0 Å². The molecule has 3 heterocycles. The molecule has 20 heavy (non-hydrogen) atoms. The zero-order valence-corrected chi connectivity index (χ0v) is 12.8. The van der Waals surface area contributed by atoms with E-state index < -0.39 is 0 Å². The van der Waals surface area contributed by atoms with Crippen LogP contribution in [0, 0.1) is 5.92 Å². The molecule has 3 aliphatic heterocycles. The van der Waals surface area contributed by atoms with Gasteiger partial charge < -0.3 is 15.1 Å². The summed E-state index contributed by atoms with van der Waals surface area (Å²) in [5, 5.41) is 3.95. The average molecular weight is 273 g/mol. The highest BCUT2D eigenvalue weighted by Gasteiger charge is 2.35. The summed E-state index contributed by atoms with van der Waals surface area (Å²) in [4.78, 5) is 4.90. The molecule has 0 aliphatic carbocycles. The Balaban J connectivity index is 1.70. The molecule has 3 aliphatic rings. The van der Waals surface area contributed by atoms with E-state index in [1.807, 2.05) is 0 Å². The highest BCUT2D eigenvalue weighted by Crippen LogP contribution is 2.29. The van der Waals surface area contributed by atoms with Gasteiger partial charge in [0.25, 0.3) is 0 Å². The van der Waals surface area contributed by atoms with Gasteiger partial charge in [0.15, 0.2) is 0 Å². The van der Waals surface area contributed by atoms with Crippen molar-refractivity contribution < 1.29 is 0 Å². The molecular formula is C17H27N3. The zero-order chi connectivity index (χ0) is 13.9. The molecule has 1 N–H and O–H groups in total. The number of nitrogens with one attached hydrogen (secondary N) is 1. The van der Waals surface area contributed by atoms with E-state index in [0.717, 1.165) is 12.5 Å². The van der Waals surface area contributed by atoms with Crippen LogP contribution in [0.25, 0.3) is 0 Å². The molecule has 1 aromatic carbocycles. The summed E-state index contributed by atoms with van der Waals surface area (Å²) in [5.74, 6) is 0.883. The first-order chi connectivity index (χ1) is 9.72. The average Bonchev–Trinajstić information content (AvgIpc) is 2.48. The van der Waals surface area contributed by atoms with Gasteiger partial charge in [0.05, 0.1) is 0 Å². The lowest BCUT2D eigenvalue weighted by molar-refractivity contribution is 0.0649. The minimum Gasteiger partial charge on any atom is -0.308 e. The maximum Gasteiger partial charge on any atom is 0.0451 e. The molecule has 3 nitrogen and oxygen atoms in total. The van der Waals surface area contributed by atoms with Crippen molar-refractivity contribution in [3.63, 3.8) is 0 Å². The second kappa shape index (κ2) is 6.25. The Hall–Kier alpha value is -0.900. The largest absolute Gasteiger partial charge is 0.308 e. The van der Waals surface area contributed by atoms with Gasteiger partial charge in [0.2, 0.25) is 0 Å². The van der Waals surface area contributed by atoms with E-state index in [0.29, 0.717) is 12.1 Å². The lowest BCUT2D eigenvalue weighted by Crippen LogP contribution is -2.57. The molecule has 0 spiro atoms. The smallest absolute Gasteiger partial charge is 0.0451 e. The number of piperidine rings is 3. The standard InChI is InChI=1S/C17H27N3/c1-19(2)12-16(14-6-4-3-5-7-14)18-17-13-20-10-8-15(17)9-11-20/h3-7,15-18H,8-13H2,1-2H3. The molecule has 1 aromatic rings. The Morgan fingerprint density at radius 3 is 2.45 bits per heavy atom. The van der Waals surface area contributed by atoms with Crippen molar-refractivity contribution in [2.45, 2.75) is 24.9 Å². The molecular weight excluding hydrogens is 246 g/mol. The molecule has 4 rings (SSSR count). The van der Waals surface area contributed by atoms with Crippen molar-refractivity contribution in [3.8, 4) is 0 Å². The van der Waals surface area contributed by atoms with Gasteiger partial charge in [-0.05, 0) is 51.5 Å². The number of fused-ring (bicyclic) bond motifs is 3. The quantitative estimate of drug-likeness (QED) is 0.885. The third kappa shape index (κ3) is 3.22. The zero-order valence-electron chi connectivity index (χ0n) is 12.8. The van der Waals surface area contributed by atoms with Gasteiger partial charge in [-0.15, -0.1) is 0 Å². The summed E-state index contributed by atoms with van der Waals surface area (Å²) >= 11 is 0. The predicted octanol–water partition coefficient (Wildman–Crippen LogP) is 1.97. The minimum atomic E-state index is 0.441. The van der Waals surface area contributed by atoms with Crippen molar-refractivity contribution in [1.82, 2.24) is 15.1 Å². The van der Waals surface area contributed by atoms with Crippen LogP contribution in [0.5, 0.6) is 0 Å². The van der Waals surface area contributed by atoms with Crippen molar-refractivity contribution in [3.05, 3.63) is 35.9 Å². The maximum atomic E-state index is 3.95. The van der Waals surface area contributed by atoms with E-state index in [2.05, 4.69) is 59.5 Å². The first-order valence-corrected chi connectivity index (χ1v) is 7.90. The summed E-state index contributed by atoms with van der Waals surface area (Å²) in [6, 6.07) is 12.0. The molecule has 0 radical (unpaired) electrons. The predicted molar refractivity (Wildman–Crippen MR) is 83.8 cm³/mol. The molecule has 3 heteroatoms. The van der Waals surface area contributed by atoms with Gasteiger partial charge in [-0.2, -0.15) is 0 Å². The molecule has 0 aromatic heterocycles. The lowest BCUT2D eigenvalue weighted by Gasteiger charge is -2.46. The molecule has 0 amide bonds. The second-order valence-electron chi connectivity index (χ2n) is 6.64. The van der Waals surface area contributed by atoms with Gasteiger partial charge in [-0.3, -0.25) is 0 Å². The molecule has 2 unspecified atom stereocenters. The molecule has 110 valence electrons. The van der Waals surface area contributed by atoms with Gasteiger partial charge >= 0.3 is 0 Å².